The summed E-state index contributed by atoms with van der Waals surface area (Å²) in [5.74, 6) is 0.735. The first-order valence-electron chi connectivity index (χ1n) is 4.63. The van der Waals surface area contributed by atoms with Crippen LogP contribution in [0.1, 0.15) is 11.4 Å². The molecule has 0 fully saturated rings. The lowest BCUT2D eigenvalue weighted by Crippen LogP contribution is -1.85. The molecule has 0 aliphatic rings. The fourth-order valence-corrected chi connectivity index (χ4v) is 1.61. The second-order valence-corrected chi connectivity index (χ2v) is 3.76. The van der Waals surface area contributed by atoms with E-state index in [1.807, 2.05) is 31.2 Å². The molecule has 15 heavy (non-hydrogen) atoms. The molecule has 1 heterocycles. The van der Waals surface area contributed by atoms with E-state index in [1.54, 1.807) is 0 Å². The minimum absolute atomic E-state index is 0.0527. The Bertz CT molecular complexity index is 479. The summed E-state index contributed by atoms with van der Waals surface area (Å²) < 4.78 is 0. The largest absolute Gasteiger partial charge is 0.390 e. The van der Waals surface area contributed by atoms with Gasteiger partial charge in [-0.05, 0) is 19.1 Å². The van der Waals surface area contributed by atoms with E-state index in [4.69, 9.17) is 16.7 Å². The van der Waals surface area contributed by atoms with E-state index >= 15 is 0 Å². The molecule has 2 rings (SSSR count). The molecule has 78 valence electrons. The first kappa shape index (κ1) is 10.2. The van der Waals surface area contributed by atoms with Gasteiger partial charge in [0.1, 0.15) is 5.82 Å². The molecule has 1 aromatic carbocycles. The van der Waals surface area contributed by atoms with Crippen molar-refractivity contribution in [3.63, 3.8) is 0 Å². The number of hydrogen-bond donors (Lipinski definition) is 2. The van der Waals surface area contributed by atoms with E-state index in [0.717, 1.165) is 17.1 Å². The van der Waals surface area contributed by atoms with Crippen LogP contribution in [-0.2, 0) is 6.61 Å². The number of nitrogens with zero attached hydrogens (tertiary/aromatic N) is 1. The van der Waals surface area contributed by atoms with E-state index in [-0.39, 0.29) is 6.61 Å². The van der Waals surface area contributed by atoms with Crippen molar-refractivity contribution in [3.05, 3.63) is 40.7 Å². The third-order valence-electron chi connectivity index (χ3n) is 2.23. The van der Waals surface area contributed by atoms with E-state index in [1.165, 1.54) is 0 Å². The van der Waals surface area contributed by atoms with E-state index in [9.17, 15) is 0 Å². The highest BCUT2D eigenvalue weighted by Crippen LogP contribution is 2.21. The van der Waals surface area contributed by atoms with Crippen LogP contribution < -0.4 is 0 Å². The second-order valence-electron chi connectivity index (χ2n) is 3.33. The molecule has 0 atom stereocenters. The van der Waals surface area contributed by atoms with Crippen LogP contribution in [0.4, 0.5) is 0 Å². The quantitative estimate of drug-likeness (QED) is 0.821. The summed E-state index contributed by atoms with van der Waals surface area (Å²) in [5, 5.41) is 9.70. The summed E-state index contributed by atoms with van der Waals surface area (Å²) in [6.45, 7) is 1.83. The Labute approximate surface area is 92.7 Å². The number of rotatable bonds is 2. The maximum atomic E-state index is 9.02. The molecular weight excluding hydrogens is 212 g/mol. The number of imidazole rings is 1. The predicted molar refractivity (Wildman–Crippen MR) is 59.7 cm³/mol. The fourth-order valence-electron chi connectivity index (χ4n) is 1.42. The van der Waals surface area contributed by atoms with Gasteiger partial charge in [0.2, 0.25) is 0 Å². The van der Waals surface area contributed by atoms with E-state index in [2.05, 4.69) is 9.97 Å². The Morgan fingerprint density at radius 1 is 1.47 bits per heavy atom. The van der Waals surface area contributed by atoms with E-state index < -0.39 is 0 Å². The number of aliphatic hydroxyl groups excluding tert-OH is 1. The number of benzene rings is 1. The molecule has 1 aromatic heterocycles. The van der Waals surface area contributed by atoms with Crippen molar-refractivity contribution in [1.29, 1.82) is 0 Å². The fraction of sp³-hybridized carbons (Fsp3) is 0.182. The molecule has 0 aliphatic heterocycles. The van der Waals surface area contributed by atoms with Crippen molar-refractivity contribution in [2.45, 2.75) is 13.5 Å². The zero-order chi connectivity index (χ0) is 10.8. The maximum Gasteiger partial charge on any atom is 0.137 e. The number of hydrogen-bond acceptors (Lipinski definition) is 2. The Hall–Kier alpha value is -1.32. The molecule has 3 nitrogen and oxygen atoms in total. The van der Waals surface area contributed by atoms with Crippen LogP contribution >= 0.6 is 11.6 Å². The monoisotopic (exact) mass is 222 g/mol. The summed E-state index contributed by atoms with van der Waals surface area (Å²) in [6, 6.07) is 7.44. The van der Waals surface area contributed by atoms with Gasteiger partial charge >= 0.3 is 0 Å². The highest BCUT2D eigenvalue weighted by Gasteiger charge is 2.07. The Kier molecular flexibility index (Phi) is 2.75. The van der Waals surface area contributed by atoms with Gasteiger partial charge in [0.25, 0.3) is 0 Å². The molecule has 0 aliphatic carbocycles. The van der Waals surface area contributed by atoms with Gasteiger partial charge in [-0.25, -0.2) is 4.98 Å². The molecule has 0 unspecified atom stereocenters. The summed E-state index contributed by atoms with van der Waals surface area (Å²) >= 11 is 5.88. The standard InChI is InChI=1S/C11H11ClN2O/c1-7-10(6-15)14-11(13-7)8-3-2-4-9(12)5-8/h2-5,15H,6H2,1H3,(H,13,14). The topological polar surface area (TPSA) is 48.9 Å². The smallest absolute Gasteiger partial charge is 0.137 e. The summed E-state index contributed by atoms with van der Waals surface area (Å²) in [6.07, 6.45) is 0. The highest BCUT2D eigenvalue weighted by atomic mass is 35.5. The molecular formula is C11H11ClN2O. The Balaban J connectivity index is 2.45. The molecule has 0 saturated carbocycles. The van der Waals surface area contributed by atoms with Crippen molar-refractivity contribution < 1.29 is 5.11 Å². The number of aromatic amines is 1. The van der Waals surface area contributed by atoms with Crippen molar-refractivity contribution >= 4 is 11.6 Å². The van der Waals surface area contributed by atoms with Crippen molar-refractivity contribution in [3.8, 4) is 11.4 Å². The third kappa shape index (κ3) is 2.03. The second kappa shape index (κ2) is 4.04. The lowest BCUT2D eigenvalue weighted by atomic mass is 10.2. The molecule has 0 radical (unpaired) electrons. The first-order valence-corrected chi connectivity index (χ1v) is 5.01. The van der Waals surface area contributed by atoms with Gasteiger partial charge in [-0.2, -0.15) is 0 Å². The van der Waals surface area contributed by atoms with Gasteiger partial charge in [-0.15, -0.1) is 0 Å². The zero-order valence-corrected chi connectivity index (χ0v) is 9.04. The average molecular weight is 223 g/mol. The van der Waals surface area contributed by atoms with Crippen LogP contribution in [-0.4, -0.2) is 15.1 Å². The number of aryl methyl sites for hydroxylation is 1. The number of aromatic nitrogens is 2. The number of aliphatic hydroxyl groups is 1. The van der Waals surface area contributed by atoms with Gasteiger partial charge in [0, 0.05) is 16.3 Å². The highest BCUT2D eigenvalue weighted by molar-refractivity contribution is 6.30. The molecule has 2 aromatic rings. The van der Waals surface area contributed by atoms with Gasteiger partial charge in [-0.1, -0.05) is 23.7 Å². The average Bonchev–Trinajstić information content (AvgIpc) is 2.60. The van der Waals surface area contributed by atoms with Gasteiger partial charge < -0.3 is 10.1 Å². The minimum Gasteiger partial charge on any atom is -0.390 e. The number of H-pyrrole nitrogens is 1. The van der Waals surface area contributed by atoms with Crippen molar-refractivity contribution in [1.82, 2.24) is 9.97 Å². The predicted octanol–water partition coefficient (Wildman–Crippen LogP) is 2.53. The summed E-state index contributed by atoms with van der Waals surface area (Å²) in [7, 11) is 0. The van der Waals surface area contributed by atoms with Crippen LogP contribution in [0.2, 0.25) is 5.02 Å². The molecule has 0 saturated heterocycles. The minimum atomic E-state index is -0.0527. The SMILES string of the molecule is Cc1[nH]c(-c2cccc(Cl)c2)nc1CO. The lowest BCUT2D eigenvalue weighted by molar-refractivity contribution is 0.276. The van der Waals surface area contributed by atoms with Crippen LogP contribution in [0.3, 0.4) is 0 Å². The third-order valence-corrected chi connectivity index (χ3v) is 2.47. The van der Waals surface area contributed by atoms with E-state index in [0.29, 0.717) is 10.7 Å². The van der Waals surface area contributed by atoms with Crippen LogP contribution in [0.5, 0.6) is 0 Å². The summed E-state index contributed by atoms with van der Waals surface area (Å²) in [5.41, 5.74) is 2.47. The molecule has 2 N–H and O–H groups in total. The first-order chi connectivity index (χ1) is 7.20. The van der Waals surface area contributed by atoms with Crippen molar-refractivity contribution in [2.75, 3.05) is 0 Å². The number of nitrogens with one attached hydrogen (secondary N) is 1. The van der Waals surface area contributed by atoms with Crippen LogP contribution in [0.25, 0.3) is 11.4 Å². The van der Waals surface area contributed by atoms with Gasteiger partial charge in [0.15, 0.2) is 0 Å². The van der Waals surface area contributed by atoms with Crippen molar-refractivity contribution in [2.24, 2.45) is 0 Å². The van der Waals surface area contributed by atoms with Gasteiger partial charge in [0.05, 0.1) is 12.3 Å². The van der Waals surface area contributed by atoms with Crippen LogP contribution in [0.15, 0.2) is 24.3 Å². The molecule has 4 heteroatoms. The molecule has 0 spiro atoms. The zero-order valence-electron chi connectivity index (χ0n) is 8.29. The Morgan fingerprint density at radius 2 is 2.27 bits per heavy atom. The normalized spacial score (nSPS) is 10.6. The summed E-state index contributed by atoms with van der Waals surface area (Å²) in [4.78, 5) is 7.38. The van der Waals surface area contributed by atoms with Gasteiger partial charge in [-0.3, -0.25) is 0 Å². The molecule has 0 bridgehead atoms. The lowest BCUT2D eigenvalue weighted by Gasteiger charge is -1.96. The number of halogens is 1. The Morgan fingerprint density at radius 3 is 2.87 bits per heavy atom. The van der Waals surface area contributed by atoms with Crippen LogP contribution in [0, 0.1) is 6.92 Å². The molecule has 0 amide bonds. The maximum absolute atomic E-state index is 9.02.